The molecule has 2 amide bonds. The zero-order chi connectivity index (χ0) is 18.1. The van der Waals surface area contributed by atoms with Gasteiger partial charge in [0.05, 0.1) is 13.5 Å². The molecule has 2 rings (SSSR count). The van der Waals surface area contributed by atoms with Crippen molar-refractivity contribution in [2.75, 3.05) is 33.8 Å². The number of piperidine rings is 1. The third-order valence-electron chi connectivity index (χ3n) is 4.58. The average molecular weight is 384 g/mol. The molecule has 1 saturated heterocycles. The van der Waals surface area contributed by atoms with E-state index in [4.69, 9.17) is 4.74 Å². The van der Waals surface area contributed by atoms with E-state index in [-0.39, 0.29) is 30.3 Å². The molecular weight excluding hydrogens is 354 g/mol. The van der Waals surface area contributed by atoms with Crippen LogP contribution in [0.25, 0.3) is 0 Å². The third kappa shape index (κ3) is 6.84. The highest BCUT2D eigenvalue weighted by Crippen LogP contribution is 2.20. The van der Waals surface area contributed by atoms with E-state index in [0.717, 1.165) is 37.1 Å². The number of carbonyl (C=O) groups excluding carboxylic acids is 2. The van der Waals surface area contributed by atoms with E-state index in [1.165, 1.54) is 0 Å². The van der Waals surface area contributed by atoms with Gasteiger partial charge in [0, 0.05) is 31.1 Å². The molecule has 0 atom stereocenters. The van der Waals surface area contributed by atoms with E-state index in [0.29, 0.717) is 25.9 Å². The molecule has 7 heteroatoms. The standard InChI is InChI=1S/C19H29N3O3.ClH/c1-20-11-5-8-18(23)21-16-9-12-22(13-10-16)19(24)14-15-6-3-4-7-17(15)25-2;/h3-4,6-7,16,20H,5,8-14H2,1-2H3,(H,21,23);1H. The number of hydrogen-bond acceptors (Lipinski definition) is 4. The monoisotopic (exact) mass is 383 g/mol. The molecule has 1 fully saturated rings. The van der Waals surface area contributed by atoms with Crippen molar-refractivity contribution in [2.45, 2.75) is 38.1 Å². The summed E-state index contributed by atoms with van der Waals surface area (Å²) in [5.74, 6) is 0.969. The first kappa shape index (κ1) is 22.3. The number of nitrogens with one attached hydrogen (secondary N) is 2. The average Bonchev–Trinajstić information content (AvgIpc) is 2.63. The molecule has 0 aromatic heterocycles. The van der Waals surface area contributed by atoms with Gasteiger partial charge in [-0.2, -0.15) is 0 Å². The number of amides is 2. The molecule has 0 spiro atoms. The van der Waals surface area contributed by atoms with Crippen LogP contribution in [-0.4, -0.2) is 56.5 Å². The topological polar surface area (TPSA) is 70.7 Å². The lowest BCUT2D eigenvalue weighted by Gasteiger charge is -2.32. The third-order valence-corrected chi connectivity index (χ3v) is 4.58. The predicted molar refractivity (Wildman–Crippen MR) is 105 cm³/mol. The van der Waals surface area contributed by atoms with Crippen molar-refractivity contribution in [1.82, 2.24) is 15.5 Å². The number of rotatable bonds is 8. The van der Waals surface area contributed by atoms with Gasteiger partial charge in [-0.25, -0.2) is 0 Å². The summed E-state index contributed by atoms with van der Waals surface area (Å²) in [6.45, 7) is 2.23. The molecule has 0 aliphatic carbocycles. The maximum Gasteiger partial charge on any atom is 0.227 e. The van der Waals surface area contributed by atoms with Crippen LogP contribution >= 0.6 is 12.4 Å². The fourth-order valence-electron chi connectivity index (χ4n) is 3.12. The summed E-state index contributed by atoms with van der Waals surface area (Å²) in [5, 5.41) is 6.12. The summed E-state index contributed by atoms with van der Waals surface area (Å²) < 4.78 is 5.31. The number of para-hydroxylation sites is 1. The van der Waals surface area contributed by atoms with Crippen molar-refractivity contribution in [1.29, 1.82) is 0 Å². The highest BCUT2D eigenvalue weighted by molar-refractivity contribution is 5.85. The molecule has 6 nitrogen and oxygen atoms in total. The first-order valence-corrected chi connectivity index (χ1v) is 8.97. The molecule has 1 aliphatic rings. The molecule has 2 N–H and O–H groups in total. The van der Waals surface area contributed by atoms with E-state index in [9.17, 15) is 9.59 Å². The Bertz CT molecular complexity index is 575. The number of benzene rings is 1. The molecular formula is C19H30ClN3O3. The predicted octanol–water partition coefficient (Wildman–Crippen LogP) is 1.77. The Hall–Kier alpha value is -1.79. The Labute approximate surface area is 162 Å². The van der Waals surface area contributed by atoms with Crippen molar-refractivity contribution < 1.29 is 14.3 Å². The van der Waals surface area contributed by atoms with Crippen LogP contribution in [0.4, 0.5) is 0 Å². The van der Waals surface area contributed by atoms with Gasteiger partial charge >= 0.3 is 0 Å². The van der Waals surface area contributed by atoms with Crippen LogP contribution in [-0.2, 0) is 16.0 Å². The summed E-state index contributed by atoms with van der Waals surface area (Å²) in [5.41, 5.74) is 0.912. The highest BCUT2D eigenvalue weighted by atomic mass is 35.5. The number of carbonyl (C=O) groups is 2. The van der Waals surface area contributed by atoms with Crippen LogP contribution in [0.2, 0.25) is 0 Å². The minimum Gasteiger partial charge on any atom is -0.496 e. The van der Waals surface area contributed by atoms with Gasteiger partial charge in [0.2, 0.25) is 11.8 Å². The number of nitrogens with zero attached hydrogens (tertiary/aromatic N) is 1. The number of likely N-dealkylation sites (tertiary alicyclic amines) is 1. The number of methoxy groups -OCH3 is 1. The number of halogens is 1. The van der Waals surface area contributed by atoms with Crippen LogP contribution < -0.4 is 15.4 Å². The van der Waals surface area contributed by atoms with Gasteiger partial charge in [-0.1, -0.05) is 18.2 Å². The van der Waals surface area contributed by atoms with Gasteiger partial charge < -0.3 is 20.3 Å². The maximum atomic E-state index is 12.5. The number of ether oxygens (including phenoxy) is 1. The second-order valence-electron chi connectivity index (χ2n) is 6.42. The van der Waals surface area contributed by atoms with Crippen molar-refractivity contribution in [3.63, 3.8) is 0 Å². The maximum absolute atomic E-state index is 12.5. The van der Waals surface area contributed by atoms with Crippen LogP contribution in [0.15, 0.2) is 24.3 Å². The van der Waals surface area contributed by atoms with Gasteiger partial charge in [0.15, 0.2) is 0 Å². The van der Waals surface area contributed by atoms with Gasteiger partial charge in [-0.3, -0.25) is 9.59 Å². The first-order chi connectivity index (χ1) is 12.1. The lowest BCUT2D eigenvalue weighted by Crippen LogP contribution is -2.47. The molecule has 26 heavy (non-hydrogen) atoms. The zero-order valence-electron chi connectivity index (χ0n) is 15.6. The second kappa shape index (κ2) is 11.8. The summed E-state index contributed by atoms with van der Waals surface area (Å²) in [4.78, 5) is 26.3. The molecule has 0 saturated carbocycles. The fourth-order valence-corrected chi connectivity index (χ4v) is 3.12. The van der Waals surface area contributed by atoms with Gasteiger partial charge in [0.25, 0.3) is 0 Å². The van der Waals surface area contributed by atoms with E-state index in [2.05, 4.69) is 10.6 Å². The van der Waals surface area contributed by atoms with Crippen molar-refractivity contribution in [3.05, 3.63) is 29.8 Å². The SMILES string of the molecule is CNCCCC(=O)NC1CCN(C(=O)Cc2ccccc2OC)CC1.Cl. The zero-order valence-corrected chi connectivity index (χ0v) is 16.4. The summed E-state index contributed by atoms with van der Waals surface area (Å²) >= 11 is 0. The fraction of sp³-hybridized carbons (Fsp3) is 0.579. The van der Waals surface area contributed by atoms with Crippen LogP contribution in [0.1, 0.15) is 31.2 Å². The normalized spacial score (nSPS) is 14.5. The molecule has 1 aromatic rings. The van der Waals surface area contributed by atoms with Crippen molar-refractivity contribution in [2.24, 2.45) is 0 Å². The van der Waals surface area contributed by atoms with E-state index < -0.39 is 0 Å². The molecule has 0 bridgehead atoms. The van der Waals surface area contributed by atoms with E-state index >= 15 is 0 Å². The Morgan fingerprint density at radius 1 is 1.23 bits per heavy atom. The highest BCUT2D eigenvalue weighted by Gasteiger charge is 2.24. The molecule has 1 aliphatic heterocycles. The lowest BCUT2D eigenvalue weighted by atomic mass is 10.0. The van der Waals surface area contributed by atoms with E-state index in [1.54, 1.807) is 7.11 Å². The molecule has 1 heterocycles. The molecule has 1 aromatic carbocycles. The van der Waals surface area contributed by atoms with E-state index in [1.807, 2.05) is 36.2 Å². The first-order valence-electron chi connectivity index (χ1n) is 8.97. The molecule has 146 valence electrons. The van der Waals surface area contributed by atoms with Gasteiger partial charge in [-0.05, 0) is 38.9 Å². The van der Waals surface area contributed by atoms with Gasteiger partial charge in [0.1, 0.15) is 5.75 Å². The summed E-state index contributed by atoms with van der Waals surface area (Å²) in [6, 6.07) is 7.80. The largest absolute Gasteiger partial charge is 0.496 e. The van der Waals surface area contributed by atoms with Crippen molar-refractivity contribution in [3.8, 4) is 5.75 Å². The Kier molecular flexibility index (Phi) is 10.1. The summed E-state index contributed by atoms with van der Waals surface area (Å²) in [7, 11) is 3.50. The minimum absolute atomic E-state index is 0. The van der Waals surface area contributed by atoms with Crippen LogP contribution in [0, 0.1) is 0 Å². The van der Waals surface area contributed by atoms with Gasteiger partial charge in [-0.15, -0.1) is 12.4 Å². The smallest absolute Gasteiger partial charge is 0.227 e. The Morgan fingerprint density at radius 2 is 1.92 bits per heavy atom. The Balaban J connectivity index is 0.00000338. The lowest BCUT2D eigenvalue weighted by molar-refractivity contribution is -0.131. The van der Waals surface area contributed by atoms with Crippen LogP contribution in [0.3, 0.4) is 0 Å². The quantitative estimate of drug-likeness (QED) is 0.671. The minimum atomic E-state index is 0. The van der Waals surface area contributed by atoms with Crippen molar-refractivity contribution >= 4 is 24.2 Å². The second-order valence-corrected chi connectivity index (χ2v) is 6.42. The molecule has 0 radical (unpaired) electrons. The molecule has 0 unspecified atom stereocenters. The van der Waals surface area contributed by atoms with Crippen LogP contribution in [0.5, 0.6) is 5.75 Å². The Morgan fingerprint density at radius 3 is 2.58 bits per heavy atom. The summed E-state index contributed by atoms with van der Waals surface area (Å²) in [6.07, 6.45) is 3.38. The number of hydrogen-bond donors (Lipinski definition) is 2.